The lowest BCUT2D eigenvalue weighted by Gasteiger charge is -2.11. The number of carbonyl (C=O) groups is 1. The predicted octanol–water partition coefficient (Wildman–Crippen LogP) is 0.390. The van der Waals surface area contributed by atoms with Crippen molar-refractivity contribution in [1.82, 2.24) is 9.99 Å². The fourth-order valence-electron chi connectivity index (χ4n) is 1.90. The number of benzene rings is 1. The summed E-state index contributed by atoms with van der Waals surface area (Å²) in [7, 11) is 1.56. The van der Waals surface area contributed by atoms with Gasteiger partial charge in [0.25, 0.3) is 0 Å². The van der Waals surface area contributed by atoms with Gasteiger partial charge >= 0.3 is 0 Å². The average Bonchev–Trinajstić information content (AvgIpc) is 2.45. The smallest absolute Gasteiger partial charge is 0.235 e. The van der Waals surface area contributed by atoms with Crippen molar-refractivity contribution in [3.8, 4) is 5.75 Å². The Kier molecular flexibility index (Phi) is 3.82. The van der Waals surface area contributed by atoms with Crippen molar-refractivity contribution in [3.05, 3.63) is 40.7 Å². The first kappa shape index (κ1) is 13.1. The van der Waals surface area contributed by atoms with E-state index in [0.717, 1.165) is 5.52 Å². The first-order valence-electron chi connectivity index (χ1n) is 5.82. The van der Waals surface area contributed by atoms with E-state index in [4.69, 9.17) is 10.6 Å². The zero-order chi connectivity index (χ0) is 13.8. The van der Waals surface area contributed by atoms with Crippen molar-refractivity contribution in [2.75, 3.05) is 7.11 Å². The molecule has 0 saturated heterocycles. The molecule has 0 aliphatic heterocycles. The fourth-order valence-corrected chi connectivity index (χ4v) is 1.90. The lowest BCUT2D eigenvalue weighted by molar-refractivity contribution is -0.121. The van der Waals surface area contributed by atoms with Crippen LogP contribution in [0.3, 0.4) is 0 Å². The van der Waals surface area contributed by atoms with Crippen molar-refractivity contribution in [2.24, 2.45) is 5.84 Å². The molecule has 1 aromatic carbocycles. The number of hydrogen-bond acceptors (Lipinski definition) is 4. The Bertz CT molecular complexity index is 664. The highest BCUT2D eigenvalue weighted by Gasteiger charge is 2.06. The third kappa shape index (κ3) is 2.74. The number of hydrogen-bond donors (Lipinski definition) is 2. The number of aromatic nitrogens is 1. The Balaban J connectivity index is 2.45. The Hall–Kier alpha value is -2.34. The average molecular weight is 261 g/mol. The maximum Gasteiger partial charge on any atom is 0.235 e. The van der Waals surface area contributed by atoms with Gasteiger partial charge in [0.1, 0.15) is 5.75 Å². The molecule has 0 spiro atoms. The number of pyridine rings is 1. The Morgan fingerprint density at radius 2 is 2.21 bits per heavy atom. The molecule has 100 valence electrons. The zero-order valence-electron chi connectivity index (χ0n) is 10.6. The van der Waals surface area contributed by atoms with Crippen LogP contribution in [0.2, 0.25) is 0 Å². The number of ether oxygens (including phenoxy) is 1. The number of nitrogens with one attached hydrogen (secondary N) is 1. The number of amides is 1. The molecule has 0 saturated carbocycles. The highest BCUT2D eigenvalue weighted by molar-refractivity contribution is 5.81. The molecule has 0 fully saturated rings. The largest absolute Gasteiger partial charge is 0.497 e. The number of aryl methyl sites for hydroxylation is 1. The van der Waals surface area contributed by atoms with Gasteiger partial charge < -0.3 is 9.30 Å². The zero-order valence-corrected chi connectivity index (χ0v) is 10.6. The summed E-state index contributed by atoms with van der Waals surface area (Å²) in [5.41, 5.74) is 2.75. The number of nitrogens with two attached hydrogens (primary N) is 1. The molecule has 1 aromatic heterocycles. The van der Waals surface area contributed by atoms with Crippen molar-refractivity contribution < 1.29 is 9.53 Å². The lowest BCUT2D eigenvalue weighted by atomic mass is 10.2. The molecule has 0 aliphatic rings. The number of methoxy groups -OCH3 is 1. The van der Waals surface area contributed by atoms with Crippen LogP contribution in [0.25, 0.3) is 10.9 Å². The van der Waals surface area contributed by atoms with Gasteiger partial charge in [-0.25, -0.2) is 5.84 Å². The standard InChI is InChI=1S/C13H15N3O3/c1-19-9-2-3-10-11(8-9)16(6-4-12(10)17)7-5-13(18)15-14/h2-4,6,8H,5,7,14H2,1H3,(H,15,18). The first-order valence-corrected chi connectivity index (χ1v) is 5.82. The third-order valence-corrected chi connectivity index (χ3v) is 2.93. The minimum atomic E-state index is -0.255. The molecule has 0 aliphatic carbocycles. The number of fused-ring (bicyclic) bond motifs is 1. The number of rotatable bonds is 4. The van der Waals surface area contributed by atoms with Crippen LogP contribution in [0.1, 0.15) is 6.42 Å². The van der Waals surface area contributed by atoms with Crippen molar-refractivity contribution in [2.45, 2.75) is 13.0 Å². The second-order valence-electron chi connectivity index (χ2n) is 4.07. The molecular formula is C13H15N3O3. The van der Waals surface area contributed by atoms with E-state index in [2.05, 4.69) is 5.43 Å². The summed E-state index contributed by atoms with van der Waals surface area (Å²) < 4.78 is 6.98. The quantitative estimate of drug-likeness (QED) is 0.473. The van der Waals surface area contributed by atoms with Crippen LogP contribution >= 0.6 is 0 Å². The van der Waals surface area contributed by atoms with Crippen LogP contribution in [0, 0.1) is 0 Å². The lowest BCUT2D eigenvalue weighted by Crippen LogP contribution is -2.30. The highest BCUT2D eigenvalue weighted by Crippen LogP contribution is 2.18. The Labute approximate surface area is 109 Å². The SMILES string of the molecule is COc1ccc2c(=O)ccn(CCC(=O)NN)c2c1. The molecule has 0 radical (unpaired) electrons. The minimum absolute atomic E-state index is 0.0582. The van der Waals surface area contributed by atoms with Crippen LogP contribution in [0.4, 0.5) is 0 Å². The van der Waals surface area contributed by atoms with E-state index in [1.807, 2.05) is 4.57 Å². The molecule has 19 heavy (non-hydrogen) atoms. The summed E-state index contributed by atoms with van der Waals surface area (Å²) in [6.07, 6.45) is 1.90. The van der Waals surface area contributed by atoms with Gasteiger partial charge in [0, 0.05) is 36.7 Å². The molecule has 3 N–H and O–H groups in total. The molecule has 1 amide bonds. The van der Waals surface area contributed by atoms with E-state index in [0.29, 0.717) is 17.7 Å². The van der Waals surface area contributed by atoms with Crippen LogP contribution in [0.15, 0.2) is 35.3 Å². The van der Waals surface area contributed by atoms with Gasteiger partial charge in [-0.3, -0.25) is 15.0 Å². The third-order valence-electron chi connectivity index (χ3n) is 2.93. The van der Waals surface area contributed by atoms with Gasteiger partial charge in [-0.15, -0.1) is 0 Å². The number of nitrogens with zero attached hydrogens (tertiary/aromatic N) is 1. The van der Waals surface area contributed by atoms with Crippen molar-refractivity contribution in [1.29, 1.82) is 0 Å². The van der Waals surface area contributed by atoms with Crippen LogP contribution in [0.5, 0.6) is 5.75 Å². The topological polar surface area (TPSA) is 86.3 Å². The summed E-state index contributed by atoms with van der Waals surface area (Å²) >= 11 is 0. The van der Waals surface area contributed by atoms with E-state index in [-0.39, 0.29) is 17.8 Å². The van der Waals surface area contributed by atoms with Gasteiger partial charge in [0.05, 0.1) is 12.6 Å². The number of carbonyl (C=O) groups excluding carboxylic acids is 1. The van der Waals surface area contributed by atoms with Gasteiger partial charge in [-0.05, 0) is 12.1 Å². The summed E-state index contributed by atoms with van der Waals surface area (Å²) in [5, 5.41) is 0.594. The van der Waals surface area contributed by atoms with Crippen molar-refractivity contribution >= 4 is 16.8 Å². The maximum atomic E-state index is 11.8. The highest BCUT2D eigenvalue weighted by atomic mass is 16.5. The van der Waals surface area contributed by atoms with Gasteiger partial charge in [-0.1, -0.05) is 0 Å². The normalized spacial score (nSPS) is 10.4. The summed E-state index contributed by atoms with van der Waals surface area (Å²) in [6, 6.07) is 6.71. The molecule has 0 bridgehead atoms. The first-order chi connectivity index (χ1) is 9.15. The monoisotopic (exact) mass is 261 g/mol. The second kappa shape index (κ2) is 5.53. The predicted molar refractivity (Wildman–Crippen MR) is 71.7 cm³/mol. The fraction of sp³-hybridized carbons (Fsp3) is 0.231. The van der Waals surface area contributed by atoms with Crippen LogP contribution in [-0.4, -0.2) is 17.6 Å². The Morgan fingerprint density at radius 1 is 1.42 bits per heavy atom. The summed E-state index contributed by atoms with van der Waals surface area (Å²) in [4.78, 5) is 22.9. The van der Waals surface area contributed by atoms with Gasteiger partial charge in [-0.2, -0.15) is 0 Å². The molecule has 2 aromatic rings. The minimum Gasteiger partial charge on any atom is -0.497 e. The van der Waals surface area contributed by atoms with Crippen LogP contribution < -0.4 is 21.4 Å². The second-order valence-corrected chi connectivity index (χ2v) is 4.07. The van der Waals surface area contributed by atoms with E-state index in [9.17, 15) is 9.59 Å². The van der Waals surface area contributed by atoms with Crippen molar-refractivity contribution in [3.63, 3.8) is 0 Å². The molecule has 2 rings (SSSR count). The van der Waals surface area contributed by atoms with Gasteiger partial charge in [0.2, 0.25) is 5.91 Å². The summed E-state index contributed by atoms with van der Waals surface area (Å²) in [6.45, 7) is 0.437. The summed E-state index contributed by atoms with van der Waals surface area (Å²) in [5.74, 6) is 5.45. The van der Waals surface area contributed by atoms with Gasteiger partial charge in [0.15, 0.2) is 5.43 Å². The van der Waals surface area contributed by atoms with E-state index in [1.54, 1.807) is 31.5 Å². The van der Waals surface area contributed by atoms with E-state index >= 15 is 0 Å². The molecule has 0 unspecified atom stereocenters. The molecular weight excluding hydrogens is 246 g/mol. The molecule has 1 heterocycles. The molecule has 6 heteroatoms. The maximum absolute atomic E-state index is 11.8. The van der Waals surface area contributed by atoms with Crippen LogP contribution in [-0.2, 0) is 11.3 Å². The molecule has 0 atom stereocenters. The number of hydrazine groups is 1. The van der Waals surface area contributed by atoms with E-state index in [1.165, 1.54) is 6.07 Å². The molecule has 6 nitrogen and oxygen atoms in total. The Morgan fingerprint density at radius 3 is 2.89 bits per heavy atom. The van der Waals surface area contributed by atoms with E-state index < -0.39 is 0 Å².